The summed E-state index contributed by atoms with van der Waals surface area (Å²) in [5, 5.41) is 6.76. The molecule has 0 aliphatic heterocycles. The summed E-state index contributed by atoms with van der Waals surface area (Å²) in [6.45, 7) is 0.500. The number of nitrogens with two attached hydrogens (primary N) is 1. The largest absolute Gasteiger partial charge is 2.00 e. The second-order valence-electron chi connectivity index (χ2n) is 0.0913. The molecule has 0 aromatic heterocycles. The second-order valence-corrected chi connectivity index (χ2v) is 0.0913. The first-order valence-corrected chi connectivity index (χ1v) is 0.428. The van der Waals surface area contributed by atoms with Crippen LogP contribution in [0.2, 0.25) is 0 Å². The molecule has 0 aliphatic carbocycles. The van der Waals surface area contributed by atoms with Crippen LogP contribution in [-0.4, -0.2) is 17.1 Å². The number of aliphatic hydroxyl groups excluding tert-OH is 1. The average molecular weight is 143 g/mol. The Morgan fingerprint density at radius 1 is 1.50 bits per heavy atom. The summed E-state index contributed by atoms with van der Waals surface area (Å²) in [7, 11) is 0. The molecule has 0 fully saturated rings. The third-order valence-corrected chi connectivity index (χ3v) is 0. The van der Waals surface area contributed by atoms with Gasteiger partial charge >= 0.3 is 17.1 Å². The zero-order valence-electron chi connectivity index (χ0n) is 2.73. The summed E-state index contributed by atoms with van der Waals surface area (Å²) < 4.78 is 0. The van der Waals surface area contributed by atoms with Crippen LogP contribution < -0.4 is 0 Å². The van der Waals surface area contributed by atoms with Crippen molar-refractivity contribution in [3.8, 4) is 0 Å². The molecule has 0 amide bonds. The second kappa shape index (κ2) is 90.7. The van der Waals surface area contributed by atoms with Gasteiger partial charge in [-0.3, -0.25) is 0 Å². The normalized spacial score (nSPS) is 2.00. The zero-order chi connectivity index (χ0) is 2.71. The molecule has 0 heterocycles. The molecule has 6 heavy (non-hydrogen) atoms. The molecule has 5 N–H and O–H groups in total. The minimum atomic E-state index is 0. The van der Waals surface area contributed by atoms with Crippen molar-refractivity contribution >= 4 is 6.47 Å². The quantitative estimate of drug-likeness (QED) is 0.364. The van der Waals surface area contributed by atoms with E-state index in [-0.39, 0.29) is 28.7 Å². The Bertz CT molecular complexity index is 18.3. The Balaban J connectivity index is -0.00000000667. The van der Waals surface area contributed by atoms with Crippen LogP contribution in [0.1, 0.15) is 0 Å². The van der Waals surface area contributed by atoms with Gasteiger partial charge in [0.15, 0.2) is 0 Å². The van der Waals surface area contributed by atoms with Crippen molar-refractivity contribution in [3.05, 3.63) is 6.15 Å². The van der Waals surface area contributed by atoms with Gasteiger partial charge in [0.05, 0.1) is 0 Å². The van der Waals surface area contributed by atoms with E-state index in [2.05, 4.69) is 0 Å². The Labute approximate surface area is 45.9 Å². The van der Waals surface area contributed by atoms with Crippen molar-refractivity contribution in [1.82, 2.24) is 0 Å². The Kier molecular flexibility index (Phi) is 591. The van der Waals surface area contributed by atoms with Crippen LogP contribution in [0.25, 0.3) is 6.15 Å². The van der Waals surface area contributed by atoms with E-state index in [0.29, 0.717) is 6.47 Å². The number of rotatable bonds is 0. The summed E-state index contributed by atoms with van der Waals surface area (Å²) in [4.78, 5) is 8.24. The molecule has 0 unspecified atom stereocenters. The van der Waals surface area contributed by atoms with Gasteiger partial charge in [0.25, 0.3) is 0 Å². The van der Waals surface area contributed by atoms with Gasteiger partial charge in [-0.1, -0.05) is 6.47 Å². The summed E-state index contributed by atoms with van der Waals surface area (Å²) in [5.41, 5.74) is 0. The molecule has 43 valence electrons. The van der Waals surface area contributed by atoms with Gasteiger partial charge in [-0.2, -0.15) is 0 Å². The molecule has 0 atom stereocenters. The van der Waals surface area contributed by atoms with Gasteiger partial charge in [-0.15, -0.1) is 0 Å². The predicted molar refractivity (Wildman–Crippen MR) is 17.2 cm³/mol. The van der Waals surface area contributed by atoms with Crippen molar-refractivity contribution in [3.63, 3.8) is 0 Å². The van der Waals surface area contributed by atoms with Gasteiger partial charge in [0.2, 0.25) is 0 Å². The van der Waals surface area contributed by atoms with Gasteiger partial charge < -0.3 is 21.5 Å². The third-order valence-electron chi connectivity index (χ3n) is 0. The fourth-order valence-electron chi connectivity index (χ4n) is 0. The van der Waals surface area contributed by atoms with Crippen LogP contribution in [0.3, 0.4) is 0 Å². The molecule has 0 saturated carbocycles. The molecule has 0 aromatic carbocycles. The van der Waals surface area contributed by atoms with Gasteiger partial charge in [-0.25, -0.2) is 0 Å². The smallest absolute Gasteiger partial charge is 0.693 e. The van der Waals surface area contributed by atoms with E-state index in [1.165, 1.54) is 0 Å². The van der Waals surface area contributed by atoms with Gasteiger partial charge in [0.1, 0.15) is 0 Å². The van der Waals surface area contributed by atoms with E-state index < -0.39 is 0 Å². The topological polar surface area (TPSA) is 102 Å². The third kappa shape index (κ3) is 4040. The molecule has 0 bridgehead atoms. The van der Waals surface area contributed by atoms with Crippen LogP contribution in [0.5, 0.6) is 0 Å². The Hall–Kier alpha value is -0.0905. The van der Waals surface area contributed by atoms with Crippen molar-refractivity contribution in [1.29, 1.82) is 0 Å². The molecular formula is CH5CuNO3. The zero-order valence-corrected chi connectivity index (χ0v) is 3.68. The SMILES string of the molecule is O.O=[C-]O.[Cu+2].[NH2-]. The molecule has 0 aromatic rings. The van der Waals surface area contributed by atoms with E-state index in [1.807, 2.05) is 0 Å². The average Bonchev–Trinajstić information content (AvgIpc) is 0.918. The van der Waals surface area contributed by atoms with E-state index >= 15 is 0 Å². The van der Waals surface area contributed by atoms with Crippen LogP contribution in [-0.2, 0) is 21.9 Å². The first kappa shape index (κ1) is 39.1. The summed E-state index contributed by atoms with van der Waals surface area (Å²) >= 11 is 0. The number of hydrogen-bond donors (Lipinski definition) is 1. The van der Waals surface area contributed by atoms with Crippen LogP contribution in [0.4, 0.5) is 0 Å². The molecule has 0 spiro atoms. The van der Waals surface area contributed by atoms with E-state index in [1.54, 1.807) is 0 Å². The summed E-state index contributed by atoms with van der Waals surface area (Å²) in [5.74, 6) is 0. The fraction of sp³-hybridized carbons (Fsp3) is 0. The first-order chi connectivity index (χ1) is 1.41. The Morgan fingerprint density at radius 2 is 1.50 bits per heavy atom. The Morgan fingerprint density at radius 3 is 1.50 bits per heavy atom. The molecule has 4 nitrogen and oxygen atoms in total. The van der Waals surface area contributed by atoms with Crippen LogP contribution in [0, 0.1) is 0 Å². The van der Waals surface area contributed by atoms with Crippen LogP contribution in [0.15, 0.2) is 0 Å². The maximum Gasteiger partial charge on any atom is 2.00 e. The van der Waals surface area contributed by atoms with Gasteiger partial charge in [-0.05, 0) is 0 Å². The molecule has 0 rings (SSSR count). The minimum Gasteiger partial charge on any atom is -0.693 e. The fourth-order valence-corrected chi connectivity index (χ4v) is 0. The monoisotopic (exact) mass is 142 g/mol. The number of hydrogen-bond acceptors (Lipinski definition) is 1. The van der Waals surface area contributed by atoms with E-state index in [9.17, 15) is 0 Å². The van der Waals surface area contributed by atoms with Crippen molar-refractivity contribution < 1.29 is 32.4 Å². The van der Waals surface area contributed by atoms with Crippen LogP contribution >= 0.6 is 0 Å². The predicted octanol–water partition coefficient (Wildman–Crippen LogP) is -0.499. The first-order valence-electron chi connectivity index (χ1n) is 0.428. The summed E-state index contributed by atoms with van der Waals surface area (Å²) in [6.07, 6.45) is 0. The molecule has 0 aliphatic rings. The maximum atomic E-state index is 8.24. The summed E-state index contributed by atoms with van der Waals surface area (Å²) in [6, 6.07) is 0. The van der Waals surface area contributed by atoms with E-state index in [0.717, 1.165) is 0 Å². The molecule has 5 heteroatoms. The van der Waals surface area contributed by atoms with Gasteiger partial charge in [0, 0.05) is 0 Å². The van der Waals surface area contributed by atoms with Crippen molar-refractivity contribution in [2.45, 2.75) is 0 Å². The van der Waals surface area contributed by atoms with E-state index in [4.69, 9.17) is 9.90 Å². The molecular weight excluding hydrogens is 138 g/mol. The molecule has 1 radical (unpaired) electrons. The molecule has 0 saturated heterocycles. The minimum absolute atomic E-state index is 0. The maximum absolute atomic E-state index is 8.24. The van der Waals surface area contributed by atoms with Crippen molar-refractivity contribution in [2.75, 3.05) is 0 Å². The van der Waals surface area contributed by atoms with Crippen molar-refractivity contribution in [2.24, 2.45) is 0 Å². The standard InChI is InChI=1S/CHO2.Cu.H2N.H2O/c2-1-3;;;/h(H,2,3);;2*1H2/q-1;+2;-1;.